The van der Waals surface area contributed by atoms with Gasteiger partial charge in [0.05, 0.1) is 11.3 Å². The fourth-order valence-electron chi connectivity index (χ4n) is 1.95. The number of benzene rings is 1. The zero-order valence-corrected chi connectivity index (χ0v) is 11.4. The first-order valence-corrected chi connectivity index (χ1v) is 6.21. The molecule has 5 heteroatoms. The molecule has 2 aromatic rings. The van der Waals surface area contributed by atoms with Gasteiger partial charge >= 0.3 is 0 Å². The molecule has 3 N–H and O–H groups in total. The van der Waals surface area contributed by atoms with E-state index in [1.165, 1.54) is 0 Å². The van der Waals surface area contributed by atoms with Crippen LogP contribution in [-0.4, -0.2) is 15.7 Å². The summed E-state index contributed by atoms with van der Waals surface area (Å²) in [6.07, 6.45) is 2.45. The first kappa shape index (κ1) is 13.1. The normalized spacial score (nSPS) is 10.5. The maximum absolute atomic E-state index is 12.3. The van der Waals surface area contributed by atoms with E-state index in [0.29, 0.717) is 11.3 Å². The zero-order valence-electron chi connectivity index (χ0n) is 11.4. The molecule has 0 aliphatic rings. The summed E-state index contributed by atoms with van der Waals surface area (Å²) in [4.78, 5) is 12.3. The van der Waals surface area contributed by atoms with E-state index >= 15 is 0 Å². The molecule has 1 aromatic heterocycles. The summed E-state index contributed by atoms with van der Waals surface area (Å²) in [6.45, 7) is 3.91. The van der Waals surface area contributed by atoms with Crippen molar-refractivity contribution in [3.05, 3.63) is 41.2 Å². The molecular formula is C14H18N4O. The van der Waals surface area contributed by atoms with Gasteiger partial charge < -0.3 is 11.1 Å². The number of aryl methyl sites for hydroxylation is 3. The van der Waals surface area contributed by atoms with Gasteiger partial charge in [0.1, 0.15) is 0 Å². The molecule has 0 fully saturated rings. The lowest BCUT2D eigenvalue weighted by Crippen LogP contribution is -2.14. The van der Waals surface area contributed by atoms with Crippen LogP contribution in [0.25, 0.3) is 0 Å². The highest BCUT2D eigenvalue weighted by atomic mass is 16.1. The summed E-state index contributed by atoms with van der Waals surface area (Å²) in [6, 6.07) is 5.46. The number of hydrogen-bond acceptors (Lipinski definition) is 3. The molecule has 0 bridgehead atoms. The van der Waals surface area contributed by atoms with Crippen molar-refractivity contribution in [3.8, 4) is 0 Å². The standard InChI is InChI=1S/C14H18N4O/c1-4-12-11(8-18(3)17-12)14(19)16-13-7-10(15)6-5-9(13)2/h5-8H,4,15H2,1-3H3,(H,16,19). The number of nitrogen functional groups attached to an aromatic ring is 1. The van der Waals surface area contributed by atoms with Crippen molar-refractivity contribution in [1.82, 2.24) is 9.78 Å². The Morgan fingerprint density at radius 1 is 1.47 bits per heavy atom. The van der Waals surface area contributed by atoms with E-state index < -0.39 is 0 Å². The third-order valence-electron chi connectivity index (χ3n) is 2.99. The van der Waals surface area contributed by atoms with Gasteiger partial charge in [-0.15, -0.1) is 0 Å². The van der Waals surface area contributed by atoms with Crippen LogP contribution in [0.4, 0.5) is 11.4 Å². The quantitative estimate of drug-likeness (QED) is 0.828. The molecule has 0 aliphatic carbocycles. The largest absolute Gasteiger partial charge is 0.399 e. The van der Waals surface area contributed by atoms with E-state index in [1.807, 2.05) is 33.0 Å². The lowest BCUT2D eigenvalue weighted by molar-refractivity contribution is 0.102. The Bertz CT molecular complexity index is 616. The Morgan fingerprint density at radius 2 is 2.21 bits per heavy atom. The fraction of sp³-hybridized carbons (Fsp3) is 0.286. The minimum atomic E-state index is -0.154. The first-order valence-electron chi connectivity index (χ1n) is 6.21. The molecule has 1 heterocycles. The van der Waals surface area contributed by atoms with E-state index in [-0.39, 0.29) is 5.91 Å². The van der Waals surface area contributed by atoms with Crippen LogP contribution in [0.5, 0.6) is 0 Å². The number of nitrogens with zero attached hydrogens (tertiary/aromatic N) is 2. The van der Waals surface area contributed by atoms with E-state index in [1.54, 1.807) is 16.9 Å². The van der Waals surface area contributed by atoms with Gasteiger partial charge in [0, 0.05) is 24.6 Å². The molecule has 0 aliphatic heterocycles. The summed E-state index contributed by atoms with van der Waals surface area (Å²) in [7, 11) is 1.81. The van der Waals surface area contributed by atoms with Gasteiger partial charge in [-0.2, -0.15) is 5.10 Å². The van der Waals surface area contributed by atoms with Gasteiger partial charge in [-0.3, -0.25) is 9.48 Å². The topological polar surface area (TPSA) is 72.9 Å². The molecule has 1 aromatic carbocycles. The molecule has 1 amide bonds. The molecule has 0 atom stereocenters. The van der Waals surface area contributed by atoms with Crippen LogP contribution in [-0.2, 0) is 13.5 Å². The minimum absolute atomic E-state index is 0.154. The van der Waals surface area contributed by atoms with Crippen LogP contribution in [0.3, 0.4) is 0 Å². The van der Waals surface area contributed by atoms with Crippen LogP contribution >= 0.6 is 0 Å². The van der Waals surface area contributed by atoms with E-state index in [2.05, 4.69) is 10.4 Å². The number of hydrogen-bond donors (Lipinski definition) is 2. The number of nitrogens with two attached hydrogens (primary N) is 1. The Balaban J connectivity index is 2.27. The maximum atomic E-state index is 12.3. The summed E-state index contributed by atoms with van der Waals surface area (Å²) in [5.74, 6) is -0.154. The molecule has 0 saturated heterocycles. The average Bonchev–Trinajstić information content (AvgIpc) is 2.75. The number of carbonyl (C=O) groups is 1. The Morgan fingerprint density at radius 3 is 2.89 bits per heavy atom. The van der Waals surface area contributed by atoms with Crippen molar-refractivity contribution < 1.29 is 4.79 Å². The van der Waals surface area contributed by atoms with Crippen LogP contribution in [0.15, 0.2) is 24.4 Å². The SMILES string of the molecule is CCc1nn(C)cc1C(=O)Nc1cc(N)ccc1C. The number of anilines is 2. The summed E-state index contributed by atoms with van der Waals surface area (Å²) in [5, 5.41) is 7.15. The molecule has 2 rings (SSSR count). The third kappa shape index (κ3) is 2.76. The van der Waals surface area contributed by atoms with Crippen molar-refractivity contribution in [2.24, 2.45) is 7.05 Å². The molecule has 0 saturated carbocycles. The Kier molecular flexibility index (Phi) is 3.55. The highest BCUT2D eigenvalue weighted by Crippen LogP contribution is 2.19. The molecule has 5 nitrogen and oxygen atoms in total. The van der Waals surface area contributed by atoms with Crippen LogP contribution < -0.4 is 11.1 Å². The van der Waals surface area contributed by atoms with Crippen LogP contribution in [0.1, 0.15) is 28.5 Å². The van der Waals surface area contributed by atoms with Gasteiger partial charge in [-0.25, -0.2) is 0 Å². The van der Waals surface area contributed by atoms with Crippen molar-refractivity contribution in [1.29, 1.82) is 0 Å². The van der Waals surface area contributed by atoms with E-state index in [4.69, 9.17) is 5.73 Å². The summed E-state index contributed by atoms with van der Waals surface area (Å²) < 4.78 is 1.65. The molecule has 0 unspecified atom stereocenters. The van der Waals surface area contributed by atoms with Crippen molar-refractivity contribution in [2.45, 2.75) is 20.3 Å². The smallest absolute Gasteiger partial charge is 0.259 e. The van der Waals surface area contributed by atoms with Gasteiger partial charge in [0.2, 0.25) is 0 Å². The number of carbonyl (C=O) groups excluding carboxylic acids is 1. The average molecular weight is 258 g/mol. The molecular weight excluding hydrogens is 240 g/mol. The highest BCUT2D eigenvalue weighted by Gasteiger charge is 2.15. The second-order valence-electron chi connectivity index (χ2n) is 4.55. The second kappa shape index (κ2) is 5.14. The van der Waals surface area contributed by atoms with Crippen molar-refractivity contribution >= 4 is 17.3 Å². The Hall–Kier alpha value is -2.30. The summed E-state index contributed by atoms with van der Waals surface area (Å²) in [5.41, 5.74) is 9.47. The van der Waals surface area contributed by atoms with Gasteiger partial charge in [-0.05, 0) is 31.0 Å². The van der Waals surface area contributed by atoms with E-state index in [9.17, 15) is 4.79 Å². The predicted octanol–water partition coefficient (Wildman–Crippen LogP) is 2.13. The molecule has 0 spiro atoms. The zero-order chi connectivity index (χ0) is 14.0. The molecule has 100 valence electrons. The lowest BCUT2D eigenvalue weighted by Gasteiger charge is -2.08. The van der Waals surface area contributed by atoms with Crippen molar-refractivity contribution in [2.75, 3.05) is 11.1 Å². The van der Waals surface area contributed by atoms with Gasteiger partial charge in [0.15, 0.2) is 0 Å². The second-order valence-corrected chi connectivity index (χ2v) is 4.55. The first-order chi connectivity index (χ1) is 9.01. The molecule has 19 heavy (non-hydrogen) atoms. The molecule has 0 radical (unpaired) electrons. The maximum Gasteiger partial charge on any atom is 0.259 e. The summed E-state index contributed by atoms with van der Waals surface area (Å²) >= 11 is 0. The Labute approximate surface area is 112 Å². The minimum Gasteiger partial charge on any atom is -0.399 e. The number of nitrogens with one attached hydrogen (secondary N) is 1. The lowest BCUT2D eigenvalue weighted by atomic mass is 10.1. The van der Waals surface area contributed by atoms with Gasteiger partial charge in [0.25, 0.3) is 5.91 Å². The van der Waals surface area contributed by atoms with Crippen LogP contribution in [0.2, 0.25) is 0 Å². The van der Waals surface area contributed by atoms with Crippen LogP contribution in [0, 0.1) is 6.92 Å². The number of amides is 1. The number of aromatic nitrogens is 2. The fourth-order valence-corrected chi connectivity index (χ4v) is 1.95. The monoisotopic (exact) mass is 258 g/mol. The number of rotatable bonds is 3. The van der Waals surface area contributed by atoms with Gasteiger partial charge in [-0.1, -0.05) is 13.0 Å². The third-order valence-corrected chi connectivity index (χ3v) is 2.99. The predicted molar refractivity (Wildman–Crippen MR) is 76.1 cm³/mol. The van der Waals surface area contributed by atoms with Crippen molar-refractivity contribution in [3.63, 3.8) is 0 Å². The highest BCUT2D eigenvalue weighted by molar-refractivity contribution is 6.05. The van der Waals surface area contributed by atoms with E-state index in [0.717, 1.165) is 23.4 Å².